The number of aromatic amines is 1. The quantitative estimate of drug-likeness (QED) is 0.789. The van der Waals surface area contributed by atoms with Crippen molar-refractivity contribution < 1.29 is 0 Å². The average molecular weight is 222 g/mol. The maximum atomic E-state index is 4.24. The summed E-state index contributed by atoms with van der Waals surface area (Å²) in [7, 11) is 0. The predicted octanol–water partition coefficient (Wildman–Crippen LogP) is 2.88. The van der Waals surface area contributed by atoms with Gasteiger partial charge in [-0.15, -0.1) is 0 Å². The maximum absolute atomic E-state index is 4.24. The molecular weight excluding hydrogens is 208 g/mol. The van der Waals surface area contributed by atoms with E-state index in [4.69, 9.17) is 0 Å². The van der Waals surface area contributed by atoms with Crippen LogP contribution in [0.25, 0.3) is 0 Å². The van der Waals surface area contributed by atoms with E-state index < -0.39 is 0 Å². The highest BCUT2D eigenvalue weighted by atomic mass is 14.9. The minimum atomic E-state index is 0.382. The first-order valence-electron chi connectivity index (χ1n) is 6.47. The third-order valence-corrected chi connectivity index (χ3v) is 5.40. The Bertz CT molecular complexity index is 610. The van der Waals surface area contributed by atoms with Crippen LogP contribution < -0.4 is 0 Å². The Kier molecular flexibility index (Phi) is 1.17. The number of benzene rings is 1. The molecule has 2 unspecified atom stereocenters. The Balaban J connectivity index is 1.79. The van der Waals surface area contributed by atoms with Crippen LogP contribution in [0, 0.1) is 0 Å². The van der Waals surface area contributed by atoms with E-state index >= 15 is 0 Å². The smallest absolute Gasteiger partial charge is 0.0921 e. The van der Waals surface area contributed by atoms with Crippen molar-refractivity contribution in [2.75, 3.05) is 0 Å². The molecule has 3 aliphatic rings. The van der Waals surface area contributed by atoms with Crippen molar-refractivity contribution in [2.24, 2.45) is 0 Å². The molecule has 3 aliphatic carbocycles. The average Bonchev–Trinajstić information content (AvgIpc) is 3.23. The molecular formula is C15H14N2. The van der Waals surface area contributed by atoms with Crippen molar-refractivity contribution in [3.05, 3.63) is 53.6 Å². The highest BCUT2D eigenvalue weighted by Gasteiger charge is 2.78. The normalized spacial score (nSPS) is 34.5. The molecule has 5 rings (SSSR count). The summed E-state index contributed by atoms with van der Waals surface area (Å²) in [5.41, 5.74) is 5.45. The molecule has 0 amide bonds. The lowest BCUT2D eigenvalue weighted by atomic mass is 9.81. The number of hydrogen-bond acceptors (Lipinski definition) is 1. The van der Waals surface area contributed by atoms with Crippen molar-refractivity contribution in [1.82, 2.24) is 9.97 Å². The molecule has 1 N–H and O–H groups in total. The lowest BCUT2D eigenvalue weighted by Gasteiger charge is -2.22. The van der Waals surface area contributed by atoms with Gasteiger partial charge in [0, 0.05) is 22.7 Å². The number of hydrogen-bond donors (Lipinski definition) is 1. The van der Waals surface area contributed by atoms with E-state index in [1.165, 1.54) is 25.0 Å². The van der Waals surface area contributed by atoms with Crippen molar-refractivity contribution in [3.8, 4) is 0 Å². The number of imidazole rings is 1. The van der Waals surface area contributed by atoms with Crippen LogP contribution in [0.15, 0.2) is 36.8 Å². The lowest BCUT2D eigenvalue weighted by molar-refractivity contribution is 0.512. The van der Waals surface area contributed by atoms with Gasteiger partial charge < -0.3 is 4.98 Å². The monoisotopic (exact) mass is 222 g/mol. The molecule has 2 aromatic rings. The van der Waals surface area contributed by atoms with Gasteiger partial charge >= 0.3 is 0 Å². The Labute approximate surface area is 100 Å². The van der Waals surface area contributed by atoms with Gasteiger partial charge in [0.05, 0.1) is 6.33 Å². The zero-order valence-electron chi connectivity index (χ0n) is 9.61. The van der Waals surface area contributed by atoms with E-state index in [0.717, 1.165) is 5.92 Å². The number of H-pyrrole nitrogens is 1. The van der Waals surface area contributed by atoms with Crippen LogP contribution in [0.5, 0.6) is 0 Å². The van der Waals surface area contributed by atoms with Crippen LogP contribution in [0.1, 0.15) is 42.0 Å². The number of rotatable bonds is 1. The molecule has 2 fully saturated rings. The standard InChI is InChI=1S/C15H14N2/c1-2-4-11-10(3-1)12-7-15(12,14(11)5-6-14)13-8-16-9-17-13/h1-4,8-9,12H,5-7H2,(H,16,17). The Morgan fingerprint density at radius 1 is 1.24 bits per heavy atom. The van der Waals surface area contributed by atoms with Crippen LogP contribution >= 0.6 is 0 Å². The molecule has 0 bridgehead atoms. The molecule has 1 aromatic carbocycles. The highest BCUT2D eigenvalue weighted by molar-refractivity contribution is 5.62. The summed E-state index contributed by atoms with van der Waals surface area (Å²) < 4.78 is 0. The van der Waals surface area contributed by atoms with Crippen molar-refractivity contribution in [3.63, 3.8) is 0 Å². The van der Waals surface area contributed by atoms with Gasteiger partial charge in [0.25, 0.3) is 0 Å². The van der Waals surface area contributed by atoms with E-state index in [1.54, 1.807) is 11.1 Å². The van der Waals surface area contributed by atoms with E-state index in [-0.39, 0.29) is 0 Å². The van der Waals surface area contributed by atoms with Crippen molar-refractivity contribution >= 4 is 0 Å². The summed E-state index contributed by atoms with van der Waals surface area (Å²) in [6.45, 7) is 0. The minimum absolute atomic E-state index is 0.382. The molecule has 2 nitrogen and oxygen atoms in total. The fourth-order valence-electron chi connectivity index (χ4n) is 4.54. The van der Waals surface area contributed by atoms with Crippen LogP contribution in [-0.4, -0.2) is 9.97 Å². The first-order chi connectivity index (χ1) is 8.38. The van der Waals surface area contributed by atoms with Crippen molar-refractivity contribution in [1.29, 1.82) is 0 Å². The van der Waals surface area contributed by atoms with Gasteiger partial charge in [-0.05, 0) is 36.3 Å². The second kappa shape index (κ2) is 2.33. The largest absolute Gasteiger partial charge is 0.348 e. The lowest BCUT2D eigenvalue weighted by Crippen LogP contribution is -2.24. The number of nitrogens with one attached hydrogen (secondary N) is 1. The van der Waals surface area contributed by atoms with Gasteiger partial charge in [0.15, 0.2) is 0 Å². The third kappa shape index (κ3) is 0.726. The third-order valence-electron chi connectivity index (χ3n) is 5.40. The summed E-state index contributed by atoms with van der Waals surface area (Å²) in [4.78, 5) is 7.62. The summed E-state index contributed by atoms with van der Waals surface area (Å²) in [6.07, 6.45) is 7.93. The van der Waals surface area contributed by atoms with E-state index in [9.17, 15) is 0 Å². The van der Waals surface area contributed by atoms with E-state index in [1.807, 2.05) is 12.5 Å². The van der Waals surface area contributed by atoms with Crippen LogP contribution in [0.2, 0.25) is 0 Å². The van der Waals surface area contributed by atoms with Crippen LogP contribution in [0.4, 0.5) is 0 Å². The zero-order chi connectivity index (χ0) is 11.1. The highest BCUT2D eigenvalue weighted by Crippen LogP contribution is 2.82. The molecule has 0 aliphatic heterocycles. The summed E-state index contributed by atoms with van der Waals surface area (Å²) in [5, 5.41) is 0. The van der Waals surface area contributed by atoms with Crippen LogP contribution in [0.3, 0.4) is 0 Å². The fraction of sp³-hybridized carbons (Fsp3) is 0.400. The second-order valence-electron chi connectivity index (χ2n) is 5.86. The molecule has 0 saturated heterocycles. The molecule has 84 valence electrons. The first-order valence-corrected chi connectivity index (χ1v) is 6.47. The number of fused-ring (bicyclic) bond motifs is 5. The molecule has 1 heterocycles. The topological polar surface area (TPSA) is 28.7 Å². The second-order valence-corrected chi connectivity index (χ2v) is 5.86. The zero-order valence-corrected chi connectivity index (χ0v) is 9.61. The fourth-order valence-corrected chi connectivity index (χ4v) is 4.54. The number of aromatic nitrogens is 2. The maximum Gasteiger partial charge on any atom is 0.0921 e. The van der Waals surface area contributed by atoms with Gasteiger partial charge in [-0.3, -0.25) is 0 Å². The Morgan fingerprint density at radius 3 is 2.88 bits per heavy atom. The molecule has 2 atom stereocenters. The van der Waals surface area contributed by atoms with Gasteiger partial charge in [-0.25, -0.2) is 4.98 Å². The molecule has 17 heavy (non-hydrogen) atoms. The molecule has 2 saturated carbocycles. The van der Waals surface area contributed by atoms with Gasteiger partial charge in [0.2, 0.25) is 0 Å². The van der Waals surface area contributed by atoms with E-state index in [2.05, 4.69) is 34.2 Å². The molecule has 0 radical (unpaired) electrons. The summed E-state index contributed by atoms with van der Waals surface area (Å²) in [6, 6.07) is 9.08. The molecule has 1 spiro atoms. The predicted molar refractivity (Wildman–Crippen MR) is 65.0 cm³/mol. The van der Waals surface area contributed by atoms with Gasteiger partial charge in [-0.2, -0.15) is 0 Å². The Hall–Kier alpha value is -1.57. The summed E-state index contributed by atoms with van der Waals surface area (Å²) in [5.74, 6) is 0.752. The van der Waals surface area contributed by atoms with Gasteiger partial charge in [0.1, 0.15) is 0 Å². The van der Waals surface area contributed by atoms with E-state index in [0.29, 0.717) is 10.8 Å². The Morgan fingerprint density at radius 2 is 2.12 bits per heavy atom. The van der Waals surface area contributed by atoms with Crippen LogP contribution in [-0.2, 0) is 10.8 Å². The molecule has 1 aromatic heterocycles. The first kappa shape index (κ1) is 8.51. The summed E-state index contributed by atoms with van der Waals surface area (Å²) >= 11 is 0. The SMILES string of the molecule is c1ccc2c(c1)C1CC1(c1cnc[nH]1)C21CC1. The molecule has 2 heteroatoms. The van der Waals surface area contributed by atoms with Gasteiger partial charge in [-0.1, -0.05) is 24.3 Å². The number of nitrogens with zero attached hydrogens (tertiary/aromatic N) is 1. The van der Waals surface area contributed by atoms with Crippen molar-refractivity contribution in [2.45, 2.75) is 36.0 Å². The minimum Gasteiger partial charge on any atom is -0.348 e.